The van der Waals surface area contributed by atoms with Crippen LogP contribution in [-0.4, -0.2) is 49.2 Å². The summed E-state index contributed by atoms with van der Waals surface area (Å²) in [4.78, 5) is 31.8. The van der Waals surface area contributed by atoms with Crippen LogP contribution in [-0.2, 0) is 6.54 Å². The van der Waals surface area contributed by atoms with Crippen LogP contribution in [0, 0.1) is 0 Å². The number of piperidine rings is 1. The van der Waals surface area contributed by atoms with Crippen LogP contribution >= 0.6 is 0 Å². The summed E-state index contributed by atoms with van der Waals surface area (Å²) in [6.07, 6.45) is 8.68. The summed E-state index contributed by atoms with van der Waals surface area (Å²) in [5.41, 5.74) is 4.27. The first kappa shape index (κ1) is 23.0. The minimum absolute atomic E-state index is 0.291. The molecule has 0 saturated carbocycles. The van der Waals surface area contributed by atoms with Crippen LogP contribution in [0.2, 0.25) is 0 Å². The van der Waals surface area contributed by atoms with Gasteiger partial charge in [-0.25, -0.2) is 0 Å². The van der Waals surface area contributed by atoms with Gasteiger partial charge in [-0.05, 0) is 75.6 Å². The van der Waals surface area contributed by atoms with Crippen molar-refractivity contribution < 1.29 is 9.90 Å². The highest BCUT2D eigenvalue weighted by atomic mass is 16.3. The van der Waals surface area contributed by atoms with E-state index >= 15 is 0 Å². The molecule has 1 aromatic carbocycles. The summed E-state index contributed by atoms with van der Waals surface area (Å²) in [6, 6.07) is 13.4. The predicted octanol–water partition coefficient (Wildman–Crippen LogP) is 3.93. The van der Waals surface area contributed by atoms with Crippen molar-refractivity contribution in [3.05, 3.63) is 72.2 Å². The largest absolute Gasteiger partial charge is 0.389 e. The van der Waals surface area contributed by atoms with E-state index in [9.17, 15) is 9.90 Å². The number of nitrogens with zero attached hydrogens (tertiary/aromatic N) is 5. The van der Waals surface area contributed by atoms with Crippen LogP contribution < -0.4 is 10.5 Å². The molecule has 1 fully saturated rings. The number of aromatic amines is 1. The fraction of sp³-hybridized carbons (Fsp3) is 0.333. The lowest BCUT2D eigenvalue weighted by Crippen LogP contribution is -2.32. The third kappa shape index (κ3) is 5.17. The molecular formula is C27H30N6O2. The molecule has 180 valence electrons. The number of aliphatic hydroxyl groups is 1. The topological polar surface area (TPSA) is 99.4 Å². The Balaban J connectivity index is 1.55. The van der Waals surface area contributed by atoms with Crippen molar-refractivity contribution in [2.75, 3.05) is 18.0 Å². The number of pyridine rings is 2. The molecule has 0 aliphatic carbocycles. The molecule has 5 rings (SSSR count). The molecule has 4 heterocycles. The Morgan fingerprint density at radius 2 is 1.94 bits per heavy atom. The van der Waals surface area contributed by atoms with E-state index < -0.39 is 5.60 Å². The number of aromatic nitrogens is 4. The third-order valence-corrected chi connectivity index (χ3v) is 6.21. The van der Waals surface area contributed by atoms with Gasteiger partial charge in [-0.3, -0.25) is 14.8 Å². The monoisotopic (exact) mass is 470 g/mol. The number of anilines is 1. The molecule has 1 saturated heterocycles. The second-order valence-corrected chi connectivity index (χ2v) is 9.68. The number of H-pyrrole nitrogens is 1. The van der Waals surface area contributed by atoms with E-state index in [1.54, 1.807) is 44.6 Å². The van der Waals surface area contributed by atoms with Crippen LogP contribution in [0.3, 0.4) is 0 Å². The number of amides is 1. The first-order valence-corrected chi connectivity index (χ1v) is 12.0. The number of benzene rings is 1. The summed E-state index contributed by atoms with van der Waals surface area (Å²) in [7, 11) is 0. The van der Waals surface area contributed by atoms with Gasteiger partial charge in [0.2, 0.25) is 5.62 Å². The van der Waals surface area contributed by atoms with Crippen molar-refractivity contribution in [2.24, 2.45) is 4.99 Å². The lowest BCUT2D eigenvalue weighted by molar-refractivity contribution is 0.0612. The van der Waals surface area contributed by atoms with Crippen LogP contribution in [0.25, 0.3) is 22.3 Å². The molecular weight excluding hydrogens is 440 g/mol. The summed E-state index contributed by atoms with van der Waals surface area (Å²) < 4.78 is 1.87. The highest BCUT2D eigenvalue weighted by Crippen LogP contribution is 2.24. The highest BCUT2D eigenvalue weighted by Gasteiger charge is 2.19. The molecule has 0 spiro atoms. The SMILES string of the molecule is CC(C)(O)Cn1/c(=N/C(=O)c2ccnc(-c3cccnc3)c2)[nH]c2cc(N3CCCCC3)ccc21. The van der Waals surface area contributed by atoms with Crippen LogP contribution in [0.4, 0.5) is 5.69 Å². The molecule has 4 aromatic rings. The summed E-state index contributed by atoms with van der Waals surface area (Å²) >= 11 is 0. The van der Waals surface area contributed by atoms with Gasteiger partial charge in [0.25, 0.3) is 5.91 Å². The lowest BCUT2D eigenvalue weighted by Gasteiger charge is -2.28. The van der Waals surface area contributed by atoms with Gasteiger partial charge in [0, 0.05) is 48.5 Å². The lowest BCUT2D eigenvalue weighted by atomic mass is 10.1. The second-order valence-electron chi connectivity index (χ2n) is 9.68. The number of carbonyl (C=O) groups excluding carboxylic acids is 1. The number of hydrogen-bond acceptors (Lipinski definition) is 5. The molecule has 0 radical (unpaired) electrons. The van der Waals surface area contributed by atoms with E-state index in [1.165, 1.54) is 19.3 Å². The second kappa shape index (κ2) is 9.46. The Kier molecular flexibility index (Phi) is 6.21. The molecule has 1 aliphatic heterocycles. The normalized spacial score (nSPS) is 15.1. The van der Waals surface area contributed by atoms with Crippen molar-refractivity contribution in [1.82, 2.24) is 19.5 Å². The fourth-order valence-electron chi connectivity index (χ4n) is 4.54. The Morgan fingerprint density at radius 1 is 1.11 bits per heavy atom. The zero-order valence-electron chi connectivity index (χ0n) is 20.1. The van der Waals surface area contributed by atoms with Gasteiger partial charge in [0.1, 0.15) is 0 Å². The Bertz CT molecular complexity index is 1410. The number of fused-ring (bicyclic) bond motifs is 1. The number of nitrogens with one attached hydrogen (secondary N) is 1. The van der Waals surface area contributed by atoms with Crippen molar-refractivity contribution in [3.63, 3.8) is 0 Å². The third-order valence-electron chi connectivity index (χ3n) is 6.21. The first-order chi connectivity index (χ1) is 16.9. The Morgan fingerprint density at radius 3 is 2.69 bits per heavy atom. The Labute approximate surface area is 204 Å². The van der Waals surface area contributed by atoms with E-state index in [4.69, 9.17) is 0 Å². The molecule has 0 unspecified atom stereocenters. The average Bonchev–Trinajstić information content (AvgIpc) is 3.19. The minimum atomic E-state index is -0.983. The highest BCUT2D eigenvalue weighted by molar-refractivity contribution is 5.95. The molecule has 1 amide bonds. The fourth-order valence-corrected chi connectivity index (χ4v) is 4.54. The van der Waals surface area contributed by atoms with E-state index in [-0.39, 0.29) is 5.91 Å². The molecule has 3 aromatic heterocycles. The van der Waals surface area contributed by atoms with Crippen molar-refractivity contribution >= 4 is 22.6 Å². The summed E-state index contributed by atoms with van der Waals surface area (Å²) in [5, 5.41) is 10.6. The van der Waals surface area contributed by atoms with Crippen molar-refractivity contribution in [2.45, 2.75) is 45.3 Å². The molecule has 8 nitrogen and oxygen atoms in total. The maximum absolute atomic E-state index is 13.2. The van der Waals surface area contributed by atoms with Gasteiger partial charge in [0.05, 0.1) is 28.9 Å². The van der Waals surface area contributed by atoms with Gasteiger partial charge in [0.15, 0.2) is 0 Å². The van der Waals surface area contributed by atoms with Crippen molar-refractivity contribution in [1.29, 1.82) is 0 Å². The van der Waals surface area contributed by atoms with E-state index in [0.717, 1.165) is 35.4 Å². The molecule has 8 heteroatoms. The van der Waals surface area contributed by atoms with Gasteiger partial charge >= 0.3 is 0 Å². The van der Waals surface area contributed by atoms with Crippen LogP contribution in [0.1, 0.15) is 43.5 Å². The Hall–Kier alpha value is -3.78. The quantitative estimate of drug-likeness (QED) is 0.460. The first-order valence-electron chi connectivity index (χ1n) is 12.0. The van der Waals surface area contributed by atoms with Gasteiger partial charge < -0.3 is 19.6 Å². The smallest absolute Gasteiger partial charge is 0.280 e. The number of rotatable bonds is 5. The van der Waals surface area contributed by atoms with Crippen molar-refractivity contribution in [3.8, 4) is 11.3 Å². The summed E-state index contributed by atoms with van der Waals surface area (Å²) in [5.74, 6) is -0.384. The maximum atomic E-state index is 13.2. The van der Waals surface area contributed by atoms with E-state index in [2.05, 4.69) is 37.0 Å². The molecule has 1 aliphatic rings. The minimum Gasteiger partial charge on any atom is -0.389 e. The number of hydrogen-bond donors (Lipinski definition) is 2. The van der Waals surface area contributed by atoms with E-state index in [0.29, 0.717) is 23.4 Å². The van der Waals surface area contributed by atoms with E-state index in [1.807, 2.05) is 22.8 Å². The number of imidazole rings is 1. The predicted molar refractivity (Wildman–Crippen MR) is 136 cm³/mol. The average molecular weight is 471 g/mol. The zero-order chi connectivity index (χ0) is 24.4. The van der Waals surface area contributed by atoms with Crippen LogP contribution in [0.5, 0.6) is 0 Å². The van der Waals surface area contributed by atoms with Gasteiger partial charge in [-0.1, -0.05) is 0 Å². The summed E-state index contributed by atoms with van der Waals surface area (Å²) in [6.45, 7) is 5.88. The molecule has 2 N–H and O–H groups in total. The van der Waals surface area contributed by atoms with Crippen LogP contribution in [0.15, 0.2) is 66.0 Å². The molecule has 35 heavy (non-hydrogen) atoms. The maximum Gasteiger partial charge on any atom is 0.280 e. The van der Waals surface area contributed by atoms with Gasteiger partial charge in [-0.15, -0.1) is 0 Å². The standard InChI is InChI=1S/C27H30N6O2/c1-27(2,35)18-33-24-9-8-21(32-13-4-3-5-14-32)16-23(24)30-26(33)31-25(34)19-10-12-29-22(15-19)20-7-6-11-28-17-20/h6-12,15-17,35H,3-5,13-14,18H2,1-2H3,(H,30,31,34). The number of carbonyl (C=O) groups is 1. The molecule has 0 bridgehead atoms. The van der Waals surface area contributed by atoms with Gasteiger partial charge in [-0.2, -0.15) is 4.99 Å². The zero-order valence-corrected chi connectivity index (χ0v) is 20.1. The molecule has 0 atom stereocenters.